The van der Waals surface area contributed by atoms with E-state index in [1.165, 1.54) is 11.1 Å². The number of aromatic nitrogens is 3. The number of nitrogens with zero attached hydrogens (tertiary/aromatic N) is 4. The van der Waals surface area contributed by atoms with Gasteiger partial charge in [0.25, 0.3) is 0 Å². The van der Waals surface area contributed by atoms with Crippen molar-refractivity contribution in [1.82, 2.24) is 19.2 Å². The van der Waals surface area contributed by atoms with Crippen molar-refractivity contribution in [1.29, 1.82) is 0 Å². The first-order valence-electron chi connectivity index (χ1n) is 7.07. The molecular weight excluding hydrogens is 284 g/mol. The van der Waals surface area contributed by atoms with Crippen LogP contribution in [0, 0.1) is 11.7 Å². The molecule has 0 spiro atoms. The molecule has 0 aliphatic carbocycles. The van der Waals surface area contributed by atoms with Gasteiger partial charge in [0.15, 0.2) is 10.6 Å². The Morgan fingerprint density at radius 2 is 2.05 bits per heavy atom. The quantitative estimate of drug-likeness (QED) is 0.831. The maximum absolute atomic E-state index is 9.26. The van der Waals surface area contributed by atoms with Crippen LogP contribution >= 0.6 is 12.2 Å². The lowest BCUT2D eigenvalue weighted by molar-refractivity contribution is 0.204. The van der Waals surface area contributed by atoms with E-state index in [1.54, 1.807) is 9.25 Å². The lowest BCUT2D eigenvalue weighted by Crippen LogP contribution is -2.27. The van der Waals surface area contributed by atoms with Gasteiger partial charge >= 0.3 is 0 Å². The molecule has 0 radical (unpaired) electrons. The van der Waals surface area contributed by atoms with E-state index in [2.05, 4.69) is 48.1 Å². The summed E-state index contributed by atoms with van der Waals surface area (Å²) in [5, 5.41) is 13.6. The summed E-state index contributed by atoms with van der Waals surface area (Å²) in [6.45, 7) is 6.53. The van der Waals surface area contributed by atoms with Crippen molar-refractivity contribution in [3.63, 3.8) is 0 Å². The SMILES string of the molecule is CCN(Cc1ccccc1C)Cn1nc(CO)n(C)c1=S. The topological polar surface area (TPSA) is 46.2 Å². The molecule has 1 aromatic heterocycles. The molecule has 1 aromatic carbocycles. The second-order valence-electron chi connectivity index (χ2n) is 5.13. The molecule has 6 heteroatoms. The summed E-state index contributed by atoms with van der Waals surface area (Å²) in [5.74, 6) is 0.590. The van der Waals surface area contributed by atoms with E-state index >= 15 is 0 Å². The number of benzene rings is 1. The molecular formula is C15H22N4OS. The van der Waals surface area contributed by atoms with Crippen LogP contribution in [0.2, 0.25) is 0 Å². The summed E-state index contributed by atoms with van der Waals surface area (Å²) < 4.78 is 4.14. The maximum atomic E-state index is 9.26. The second-order valence-corrected chi connectivity index (χ2v) is 5.49. The van der Waals surface area contributed by atoms with E-state index in [4.69, 9.17) is 12.2 Å². The van der Waals surface area contributed by atoms with Crippen LogP contribution in [0.25, 0.3) is 0 Å². The van der Waals surface area contributed by atoms with Gasteiger partial charge in [-0.25, -0.2) is 4.68 Å². The average molecular weight is 306 g/mol. The van der Waals surface area contributed by atoms with Gasteiger partial charge in [0, 0.05) is 13.6 Å². The van der Waals surface area contributed by atoms with Gasteiger partial charge in [-0.2, -0.15) is 5.10 Å². The van der Waals surface area contributed by atoms with Crippen molar-refractivity contribution in [3.05, 3.63) is 46.0 Å². The van der Waals surface area contributed by atoms with Crippen LogP contribution in [-0.2, 0) is 26.9 Å². The van der Waals surface area contributed by atoms with Gasteiger partial charge in [0.2, 0.25) is 0 Å². The van der Waals surface area contributed by atoms with Crippen LogP contribution in [0.15, 0.2) is 24.3 Å². The summed E-state index contributed by atoms with van der Waals surface area (Å²) in [4.78, 5) is 2.27. The molecule has 114 valence electrons. The predicted molar refractivity (Wildman–Crippen MR) is 85.2 cm³/mol. The van der Waals surface area contributed by atoms with E-state index in [1.807, 2.05) is 7.05 Å². The third-order valence-electron chi connectivity index (χ3n) is 3.71. The monoisotopic (exact) mass is 306 g/mol. The highest BCUT2D eigenvalue weighted by Crippen LogP contribution is 2.11. The van der Waals surface area contributed by atoms with Crippen LogP contribution in [0.3, 0.4) is 0 Å². The van der Waals surface area contributed by atoms with E-state index in [0.29, 0.717) is 17.3 Å². The minimum absolute atomic E-state index is 0.100. The van der Waals surface area contributed by atoms with Gasteiger partial charge in [0.05, 0.1) is 6.67 Å². The summed E-state index contributed by atoms with van der Waals surface area (Å²) in [6.07, 6.45) is 0. The van der Waals surface area contributed by atoms with Crippen LogP contribution in [0.1, 0.15) is 23.9 Å². The smallest absolute Gasteiger partial charge is 0.198 e. The molecule has 1 N–H and O–H groups in total. The minimum Gasteiger partial charge on any atom is -0.388 e. The zero-order valence-electron chi connectivity index (χ0n) is 12.8. The first kappa shape index (κ1) is 15.9. The fourth-order valence-electron chi connectivity index (χ4n) is 2.24. The van der Waals surface area contributed by atoms with Gasteiger partial charge < -0.3 is 9.67 Å². The molecule has 1 heterocycles. The standard InChI is InChI=1S/C15H22N4OS/c1-4-18(9-13-8-6-5-7-12(13)2)11-19-15(21)17(3)14(10-20)16-19/h5-8,20H,4,9-11H2,1-3H3. The fraction of sp³-hybridized carbons (Fsp3) is 0.467. The molecule has 0 aliphatic rings. The normalized spacial score (nSPS) is 11.3. The van der Waals surface area contributed by atoms with Gasteiger partial charge in [-0.15, -0.1) is 0 Å². The number of aliphatic hydroxyl groups excluding tert-OH is 1. The predicted octanol–water partition coefficient (Wildman–Crippen LogP) is 2.23. The Labute approximate surface area is 130 Å². The molecule has 2 aromatic rings. The summed E-state index contributed by atoms with van der Waals surface area (Å²) in [7, 11) is 1.83. The number of rotatable bonds is 6. The molecule has 21 heavy (non-hydrogen) atoms. The largest absolute Gasteiger partial charge is 0.388 e. The Morgan fingerprint density at radius 3 is 2.62 bits per heavy atom. The van der Waals surface area contributed by atoms with E-state index < -0.39 is 0 Å². The van der Waals surface area contributed by atoms with Crippen molar-refractivity contribution in [2.45, 2.75) is 33.7 Å². The van der Waals surface area contributed by atoms with Crippen LogP contribution < -0.4 is 0 Å². The number of aryl methyl sites for hydroxylation is 1. The van der Waals surface area contributed by atoms with Gasteiger partial charge in [-0.3, -0.25) is 4.90 Å². The van der Waals surface area contributed by atoms with Gasteiger partial charge in [-0.05, 0) is 36.8 Å². The number of aliphatic hydroxyl groups is 1. The maximum Gasteiger partial charge on any atom is 0.198 e. The molecule has 0 bridgehead atoms. The highest BCUT2D eigenvalue weighted by molar-refractivity contribution is 7.71. The highest BCUT2D eigenvalue weighted by Gasteiger charge is 2.11. The lowest BCUT2D eigenvalue weighted by Gasteiger charge is -2.21. The minimum atomic E-state index is -0.100. The Balaban J connectivity index is 2.17. The van der Waals surface area contributed by atoms with Crippen molar-refractivity contribution in [3.8, 4) is 0 Å². The van der Waals surface area contributed by atoms with Crippen molar-refractivity contribution in [2.75, 3.05) is 6.54 Å². The number of hydrogen-bond acceptors (Lipinski definition) is 4. The fourth-order valence-corrected chi connectivity index (χ4v) is 2.45. The second kappa shape index (κ2) is 6.98. The van der Waals surface area contributed by atoms with Crippen LogP contribution in [0.5, 0.6) is 0 Å². The summed E-state index contributed by atoms with van der Waals surface area (Å²) in [6, 6.07) is 8.39. The van der Waals surface area contributed by atoms with Crippen molar-refractivity contribution < 1.29 is 5.11 Å². The Morgan fingerprint density at radius 1 is 1.33 bits per heavy atom. The third kappa shape index (κ3) is 3.58. The number of hydrogen-bond donors (Lipinski definition) is 1. The molecule has 0 unspecified atom stereocenters. The highest BCUT2D eigenvalue weighted by atomic mass is 32.1. The molecule has 0 fully saturated rings. The molecule has 0 atom stereocenters. The molecule has 0 aliphatic heterocycles. The first-order valence-corrected chi connectivity index (χ1v) is 7.48. The van der Waals surface area contributed by atoms with E-state index in [9.17, 15) is 5.11 Å². The Hall–Kier alpha value is -1.50. The van der Waals surface area contributed by atoms with Crippen LogP contribution in [0.4, 0.5) is 0 Å². The molecule has 0 amide bonds. The third-order valence-corrected chi connectivity index (χ3v) is 4.19. The first-order chi connectivity index (χ1) is 10.1. The van der Waals surface area contributed by atoms with Crippen LogP contribution in [-0.4, -0.2) is 30.9 Å². The molecule has 2 rings (SSSR count). The summed E-state index contributed by atoms with van der Waals surface area (Å²) >= 11 is 5.36. The Bertz CT molecular complexity index is 662. The van der Waals surface area contributed by atoms with Crippen molar-refractivity contribution >= 4 is 12.2 Å². The zero-order valence-corrected chi connectivity index (χ0v) is 13.6. The molecule has 0 saturated heterocycles. The van der Waals surface area contributed by atoms with E-state index in [-0.39, 0.29) is 6.61 Å². The van der Waals surface area contributed by atoms with Crippen molar-refractivity contribution in [2.24, 2.45) is 7.05 Å². The summed E-state index contributed by atoms with van der Waals surface area (Å²) in [5.41, 5.74) is 2.60. The average Bonchev–Trinajstić information content (AvgIpc) is 2.76. The van der Waals surface area contributed by atoms with E-state index in [0.717, 1.165) is 13.1 Å². The zero-order chi connectivity index (χ0) is 15.4. The van der Waals surface area contributed by atoms with Gasteiger partial charge in [0.1, 0.15) is 6.61 Å². The van der Waals surface area contributed by atoms with Gasteiger partial charge in [-0.1, -0.05) is 31.2 Å². The molecule has 5 nitrogen and oxygen atoms in total. The lowest BCUT2D eigenvalue weighted by atomic mass is 10.1. The molecule has 0 saturated carbocycles. The Kier molecular flexibility index (Phi) is 5.27.